The van der Waals surface area contributed by atoms with Crippen LogP contribution in [-0.2, 0) is 4.74 Å². The number of rotatable bonds is 3. The maximum absolute atomic E-state index is 12.6. The van der Waals surface area contributed by atoms with Gasteiger partial charge in [-0.15, -0.1) is 0 Å². The van der Waals surface area contributed by atoms with Gasteiger partial charge in [-0.3, -0.25) is 4.79 Å². The highest BCUT2D eigenvalue weighted by atomic mass is 16.5. The van der Waals surface area contributed by atoms with Gasteiger partial charge >= 0.3 is 0 Å². The molecule has 1 atom stereocenters. The lowest BCUT2D eigenvalue weighted by molar-refractivity contribution is 0.0195. The number of ketones is 1. The van der Waals surface area contributed by atoms with Crippen LogP contribution in [0.2, 0.25) is 0 Å². The summed E-state index contributed by atoms with van der Waals surface area (Å²) in [5, 5.41) is 0. The molecule has 0 fully saturated rings. The van der Waals surface area contributed by atoms with Crippen LogP contribution in [0.3, 0.4) is 0 Å². The standard InChI is InChI=1S/C16H24O2/c1-10-8-12(3)13(9-11(10)2)14(17)15(18-7)16(4,5)6/h8-9,15H,1-7H3. The van der Waals surface area contributed by atoms with Crippen LogP contribution in [0.5, 0.6) is 0 Å². The van der Waals surface area contributed by atoms with Crippen molar-refractivity contribution in [3.8, 4) is 0 Å². The second-order valence-corrected chi connectivity index (χ2v) is 6.10. The van der Waals surface area contributed by atoms with Crippen molar-refractivity contribution in [2.75, 3.05) is 7.11 Å². The fourth-order valence-corrected chi connectivity index (χ4v) is 2.22. The van der Waals surface area contributed by atoms with E-state index < -0.39 is 6.10 Å². The molecule has 1 unspecified atom stereocenters. The van der Waals surface area contributed by atoms with Gasteiger partial charge in [0, 0.05) is 12.7 Å². The SMILES string of the molecule is COC(C(=O)c1cc(C)c(C)cc1C)C(C)(C)C. The highest BCUT2D eigenvalue weighted by Crippen LogP contribution is 2.27. The molecule has 2 nitrogen and oxygen atoms in total. The summed E-state index contributed by atoms with van der Waals surface area (Å²) < 4.78 is 5.41. The first-order valence-electron chi connectivity index (χ1n) is 6.33. The highest BCUT2D eigenvalue weighted by Gasteiger charge is 2.32. The summed E-state index contributed by atoms with van der Waals surface area (Å²) in [5.74, 6) is 0.0746. The predicted molar refractivity (Wildman–Crippen MR) is 75.2 cm³/mol. The lowest BCUT2D eigenvalue weighted by Crippen LogP contribution is -2.36. The molecule has 0 heterocycles. The van der Waals surface area contributed by atoms with Crippen molar-refractivity contribution in [1.29, 1.82) is 0 Å². The fraction of sp³-hybridized carbons (Fsp3) is 0.562. The zero-order valence-corrected chi connectivity index (χ0v) is 12.5. The Hall–Kier alpha value is -1.15. The average Bonchev–Trinajstić information content (AvgIpc) is 2.22. The summed E-state index contributed by atoms with van der Waals surface area (Å²) in [6, 6.07) is 4.04. The van der Waals surface area contributed by atoms with Crippen molar-refractivity contribution in [3.63, 3.8) is 0 Å². The van der Waals surface area contributed by atoms with Gasteiger partial charge in [0.15, 0.2) is 5.78 Å². The van der Waals surface area contributed by atoms with Crippen LogP contribution in [0.1, 0.15) is 47.8 Å². The van der Waals surface area contributed by atoms with Crippen LogP contribution >= 0.6 is 0 Å². The first-order valence-corrected chi connectivity index (χ1v) is 6.33. The van der Waals surface area contributed by atoms with Crippen molar-refractivity contribution in [2.45, 2.75) is 47.6 Å². The summed E-state index contributed by atoms with van der Waals surface area (Å²) >= 11 is 0. The van der Waals surface area contributed by atoms with Crippen LogP contribution in [0, 0.1) is 26.2 Å². The Balaban J connectivity index is 3.22. The highest BCUT2D eigenvalue weighted by molar-refractivity contribution is 6.01. The molecule has 0 saturated heterocycles. The van der Waals surface area contributed by atoms with Gasteiger partial charge in [0.05, 0.1) is 0 Å². The molecule has 0 spiro atoms. The molecule has 0 aliphatic heterocycles. The molecule has 0 amide bonds. The van der Waals surface area contributed by atoms with Gasteiger partial charge in [0.2, 0.25) is 0 Å². The Morgan fingerprint density at radius 3 is 2.00 bits per heavy atom. The van der Waals surface area contributed by atoms with E-state index >= 15 is 0 Å². The number of ether oxygens (including phenoxy) is 1. The third-order valence-corrected chi connectivity index (χ3v) is 3.37. The minimum atomic E-state index is -0.404. The second kappa shape index (κ2) is 5.23. The molecular weight excluding hydrogens is 224 g/mol. The maximum atomic E-state index is 12.6. The van der Waals surface area contributed by atoms with E-state index in [0.717, 1.165) is 16.7 Å². The third kappa shape index (κ3) is 2.99. The number of hydrogen-bond donors (Lipinski definition) is 0. The van der Waals surface area contributed by atoms with Gasteiger partial charge in [0.25, 0.3) is 0 Å². The summed E-state index contributed by atoms with van der Waals surface area (Å²) in [6.45, 7) is 12.1. The first kappa shape index (κ1) is 14.9. The minimum Gasteiger partial charge on any atom is -0.373 e. The summed E-state index contributed by atoms with van der Waals surface area (Å²) in [5.41, 5.74) is 3.97. The largest absolute Gasteiger partial charge is 0.373 e. The van der Waals surface area contributed by atoms with Crippen molar-refractivity contribution in [3.05, 3.63) is 34.4 Å². The van der Waals surface area contributed by atoms with Crippen molar-refractivity contribution in [1.82, 2.24) is 0 Å². The summed E-state index contributed by atoms with van der Waals surface area (Å²) in [6.07, 6.45) is -0.404. The Kier molecular flexibility index (Phi) is 4.33. The molecule has 0 aromatic heterocycles. The van der Waals surface area contributed by atoms with E-state index in [9.17, 15) is 4.79 Å². The Bertz CT molecular complexity index is 453. The zero-order chi connectivity index (χ0) is 14.1. The maximum Gasteiger partial charge on any atom is 0.192 e. The average molecular weight is 248 g/mol. The van der Waals surface area contributed by atoms with Gasteiger partial charge in [-0.25, -0.2) is 0 Å². The molecule has 0 saturated carbocycles. The van der Waals surface area contributed by atoms with E-state index in [1.165, 1.54) is 5.56 Å². The van der Waals surface area contributed by atoms with Crippen LogP contribution in [0.4, 0.5) is 0 Å². The first-order chi connectivity index (χ1) is 8.18. The van der Waals surface area contributed by atoms with Gasteiger partial charge < -0.3 is 4.74 Å². The van der Waals surface area contributed by atoms with Crippen LogP contribution in [0.25, 0.3) is 0 Å². The number of carbonyl (C=O) groups excluding carboxylic acids is 1. The molecule has 18 heavy (non-hydrogen) atoms. The molecule has 0 aliphatic rings. The molecule has 100 valence electrons. The lowest BCUT2D eigenvalue weighted by atomic mass is 9.83. The number of Topliss-reactive ketones (excluding diaryl/α,β-unsaturated/α-hetero) is 1. The number of carbonyl (C=O) groups is 1. The molecule has 2 heteroatoms. The van der Waals surface area contributed by atoms with E-state index in [2.05, 4.69) is 13.0 Å². The Labute approximate surface area is 110 Å². The molecule has 0 aliphatic carbocycles. The normalized spacial score (nSPS) is 13.5. The third-order valence-electron chi connectivity index (χ3n) is 3.37. The Morgan fingerprint density at radius 2 is 1.56 bits per heavy atom. The summed E-state index contributed by atoms with van der Waals surface area (Å²) in [4.78, 5) is 12.6. The van der Waals surface area contributed by atoms with E-state index in [0.29, 0.717) is 0 Å². The lowest BCUT2D eigenvalue weighted by Gasteiger charge is -2.28. The smallest absolute Gasteiger partial charge is 0.192 e. The van der Waals surface area contributed by atoms with E-state index in [1.54, 1.807) is 7.11 Å². The predicted octanol–water partition coefficient (Wildman–Crippen LogP) is 3.86. The van der Waals surface area contributed by atoms with E-state index in [4.69, 9.17) is 4.74 Å². The number of hydrogen-bond acceptors (Lipinski definition) is 2. The molecule has 0 radical (unpaired) electrons. The molecule has 1 aromatic carbocycles. The second-order valence-electron chi connectivity index (χ2n) is 6.10. The van der Waals surface area contributed by atoms with E-state index in [-0.39, 0.29) is 11.2 Å². The molecule has 1 rings (SSSR count). The topological polar surface area (TPSA) is 26.3 Å². The monoisotopic (exact) mass is 248 g/mol. The minimum absolute atomic E-state index is 0.0746. The molecular formula is C16H24O2. The van der Waals surface area contributed by atoms with Crippen molar-refractivity contribution < 1.29 is 9.53 Å². The molecule has 1 aromatic rings. The van der Waals surface area contributed by atoms with E-state index in [1.807, 2.05) is 40.7 Å². The van der Waals surface area contributed by atoms with Gasteiger partial charge in [-0.2, -0.15) is 0 Å². The fourth-order valence-electron chi connectivity index (χ4n) is 2.22. The van der Waals surface area contributed by atoms with Crippen molar-refractivity contribution in [2.24, 2.45) is 5.41 Å². The quantitative estimate of drug-likeness (QED) is 0.759. The Morgan fingerprint density at radius 1 is 1.06 bits per heavy atom. The molecule has 0 N–H and O–H groups in total. The van der Waals surface area contributed by atoms with Crippen LogP contribution in [0.15, 0.2) is 12.1 Å². The number of methoxy groups -OCH3 is 1. The van der Waals surface area contributed by atoms with Crippen molar-refractivity contribution >= 4 is 5.78 Å². The van der Waals surface area contributed by atoms with Crippen LogP contribution in [-0.4, -0.2) is 19.0 Å². The van der Waals surface area contributed by atoms with Gasteiger partial charge in [-0.1, -0.05) is 26.8 Å². The van der Waals surface area contributed by atoms with Gasteiger partial charge in [0.1, 0.15) is 6.10 Å². The zero-order valence-electron chi connectivity index (χ0n) is 12.5. The van der Waals surface area contributed by atoms with Crippen LogP contribution < -0.4 is 0 Å². The molecule has 0 bridgehead atoms. The van der Waals surface area contributed by atoms with Gasteiger partial charge in [-0.05, 0) is 48.9 Å². The summed E-state index contributed by atoms with van der Waals surface area (Å²) in [7, 11) is 1.60. The number of aryl methyl sites for hydroxylation is 3. The number of benzene rings is 1.